The number of hydrogen-bond donors (Lipinski definition) is 2. The maximum atomic E-state index is 13.6. The highest BCUT2D eigenvalue weighted by atomic mass is 19.3. The average molecular weight is 296 g/mol. The van der Waals surface area contributed by atoms with Crippen molar-refractivity contribution in [1.29, 1.82) is 0 Å². The second kappa shape index (κ2) is 6.28. The molecule has 1 unspecified atom stereocenters. The third-order valence-electron chi connectivity index (χ3n) is 2.26. The number of aliphatic hydroxyl groups is 1. The first-order valence-corrected chi connectivity index (χ1v) is 5.12. The van der Waals surface area contributed by atoms with E-state index in [0.717, 1.165) is 0 Å². The highest BCUT2D eigenvalue weighted by Gasteiger charge is 2.27. The van der Waals surface area contributed by atoms with E-state index >= 15 is 0 Å². The molecule has 0 aromatic heterocycles. The van der Waals surface area contributed by atoms with E-state index in [1.54, 1.807) is 5.32 Å². The Morgan fingerprint density at radius 1 is 1.40 bits per heavy atom. The van der Waals surface area contributed by atoms with Gasteiger partial charge in [-0.25, -0.2) is 13.2 Å². The van der Waals surface area contributed by atoms with Crippen LogP contribution >= 0.6 is 0 Å². The minimum Gasteiger partial charge on any atom is -0.385 e. The second-order valence-corrected chi connectivity index (χ2v) is 3.62. The highest BCUT2D eigenvalue weighted by molar-refractivity contribution is 5.95. The predicted molar refractivity (Wildman–Crippen MR) is 57.4 cm³/mol. The lowest BCUT2D eigenvalue weighted by Crippen LogP contribution is -2.36. The van der Waals surface area contributed by atoms with Gasteiger partial charge < -0.3 is 10.4 Å². The van der Waals surface area contributed by atoms with Crippen LogP contribution in [0.3, 0.4) is 0 Å². The minimum atomic E-state index is -3.16. The summed E-state index contributed by atoms with van der Waals surface area (Å²) in [5.74, 6) is -4.60. The summed E-state index contributed by atoms with van der Waals surface area (Å²) < 4.78 is 50.8. The molecule has 0 saturated carbocycles. The Morgan fingerprint density at radius 2 is 2.00 bits per heavy atom. The number of nitro benzene ring substituents is 1. The molecule has 0 spiro atoms. The number of carbonyl (C=O) groups is 1. The normalized spacial score (nSPS) is 12.3. The third-order valence-corrected chi connectivity index (χ3v) is 2.26. The van der Waals surface area contributed by atoms with Gasteiger partial charge in [-0.1, -0.05) is 0 Å². The van der Waals surface area contributed by atoms with Gasteiger partial charge >= 0.3 is 5.69 Å². The number of carbonyl (C=O) groups excluding carboxylic acids is 1. The van der Waals surface area contributed by atoms with Crippen LogP contribution in [0.4, 0.5) is 23.2 Å². The van der Waals surface area contributed by atoms with Gasteiger partial charge in [-0.3, -0.25) is 14.9 Å². The molecule has 10 heteroatoms. The number of amides is 1. The molecule has 6 nitrogen and oxygen atoms in total. The monoisotopic (exact) mass is 296 g/mol. The molecule has 0 fully saturated rings. The van der Waals surface area contributed by atoms with Crippen molar-refractivity contribution in [3.8, 4) is 0 Å². The zero-order valence-electron chi connectivity index (χ0n) is 9.65. The molecule has 0 saturated heterocycles. The van der Waals surface area contributed by atoms with Crippen molar-refractivity contribution in [2.24, 2.45) is 0 Å². The fourth-order valence-corrected chi connectivity index (χ4v) is 1.27. The molecule has 0 heterocycles. The van der Waals surface area contributed by atoms with Crippen LogP contribution in [0.5, 0.6) is 0 Å². The summed E-state index contributed by atoms with van der Waals surface area (Å²) in [7, 11) is 0. The van der Waals surface area contributed by atoms with Crippen molar-refractivity contribution in [3.05, 3.63) is 39.4 Å². The molecular weight excluding hydrogens is 288 g/mol. The molecule has 0 radical (unpaired) electrons. The Bertz CT molecular complexity index is 538. The molecule has 0 bridgehead atoms. The summed E-state index contributed by atoms with van der Waals surface area (Å²) in [6.45, 7) is -0.960. The lowest BCUT2D eigenvalue weighted by Gasteiger charge is -2.11. The van der Waals surface area contributed by atoms with Gasteiger partial charge in [0.25, 0.3) is 12.3 Å². The number of nitrogens with zero attached hydrogens (tertiary/aromatic N) is 1. The summed E-state index contributed by atoms with van der Waals surface area (Å²) in [5.41, 5.74) is -2.41. The van der Waals surface area contributed by atoms with Gasteiger partial charge in [0.1, 0.15) is 17.5 Å². The Hall–Kier alpha value is -2.23. The topological polar surface area (TPSA) is 92.5 Å². The van der Waals surface area contributed by atoms with Crippen molar-refractivity contribution < 1.29 is 32.4 Å². The summed E-state index contributed by atoms with van der Waals surface area (Å²) in [6.07, 6.45) is -5.38. The van der Waals surface area contributed by atoms with E-state index in [-0.39, 0.29) is 0 Å². The van der Waals surface area contributed by atoms with Gasteiger partial charge in [0.2, 0.25) is 5.82 Å². The zero-order chi connectivity index (χ0) is 15.4. The third kappa shape index (κ3) is 3.41. The SMILES string of the molecule is O=C(NCC(O)C(F)F)c1c(F)ccc([N+](=O)[O-])c1F. The van der Waals surface area contributed by atoms with Crippen molar-refractivity contribution >= 4 is 11.6 Å². The van der Waals surface area contributed by atoms with E-state index in [1.165, 1.54) is 0 Å². The summed E-state index contributed by atoms with van der Waals surface area (Å²) in [4.78, 5) is 20.7. The molecule has 1 aromatic rings. The quantitative estimate of drug-likeness (QED) is 0.485. The Kier molecular flexibility index (Phi) is 4.97. The molecule has 0 aliphatic heterocycles. The first-order chi connectivity index (χ1) is 9.25. The fraction of sp³-hybridized carbons (Fsp3) is 0.300. The summed E-state index contributed by atoms with van der Waals surface area (Å²) >= 11 is 0. The molecule has 0 aliphatic rings. The van der Waals surface area contributed by atoms with E-state index in [2.05, 4.69) is 0 Å². The Labute approximate surface area is 109 Å². The van der Waals surface area contributed by atoms with Crippen LogP contribution in [0.15, 0.2) is 12.1 Å². The number of nitrogens with one attached hydrogen (secondary N) is 1. The summed E-state index contributed by atoms with van der Waals surface area (Å²) in [6, 6.07) is 1.02. The molecule has 110 valence electrons. The maximum absolute atomic E-state index is 13.6. The van der Waals surface area contributed by atoms with Crippen molar-refractivity contribution in [2.75, 3.05) is 6.54 Å². The van der Waals surface area contributed by atoms with Gasteiger partial charge in [0.05, 0.1) is 4.92 Å². The molecule has 20 heavy (non-hydrogen) atoms. The van der Waals surface area contributed by atoms with Crippen molar-refractivity contribution in [2.45, 2.75) is 12.5 Å². The lowest BCUT2D eigenvalue weighted by molar-refractivity contribution is -0.387. The van der Waals surface area contributed by atoms with Crippen LogP contribution < -0.4 is 5.32 Å². The van der Waals surface area contributed by atoms with Gasteiger partial charge in [0.15, 0.2) is 0 Å². The molecule has 2 N–H and O–H groups in total. The van der Waals surface area contributed by atoms with E-state index in [1.807, 2.05) is 0 Å². The Morgan fingerprint density at radius 3 is 2.50 bits per heavy atom. The predicted octanol–water partition coefficient (Wildman–Crippen LogP) is 1.23. The number of hydrogen-bond acceptors (Lipinski definition) is 4. The Balaban J connectivity index is 2.98. The number of benzene rings is 1. The highest BCUT2D eigenvalue weighted by Crippen LogP contribution is 2.22. The van der Waals surface area contributed by atoms with Crippen LogP contribution in [0.1, 0.15) is 10.4 Å². The molecule has 1 rings (SSSR count). The zero-order valence-corrected chi connectivity index (χ0v) is 9.65. The van der Waals surface area contributed by atoms with E-state index < -0.39 is 52.8 Å². The fourth-order valence-electron chi connectivity index (χ4n) is 1.27. The average Bonchev–Trinajstić information content (AvgIpc) is 2.35. The first kappa shape index (κ1) is 15.8. The first-order valence-electron chi connectivity index (χ1n) is 5.12. The van der Waals surface area contributed by atoms with Crippen LogP contribution in [0.2, 0.25) is 0 Å². The van der Waals surface area contributed by atoms with E-state index in [0.29, 0.717) is 12.1 Å². The molecule has 1 atom stereocenters. The number of nitro groups is 1. The molecule has 1 aromatic carbocycles. The van der Waals surface area contributed by atoms with Gasteiger partial charge in [-0.2, -0.15) is 4.39 Å². The number of rotatable bonds is 5. The van der Waals surface area contributed by atoms with Crippen molar-refractivity contribution in [3.63, 3.8) is 0 Å². The minimum absolute atomic E-state index is 0.500. The van der Waals surface area contributed by atoms with Crippen molar-refractivity contribution in [1.82, 2.24) is 5.32 Å². The van der Waals surface area contributed by atoms with Crippen LogP contribution in [-0.4, -0.2) is 35.0 Å². The lowest BCUT2D eigenvalue weighted by atomic mass is 10.1. The largest absolute Gasteiger partial charge is 0.385 e. The standard InChI is InChI=1S/C10H8F4N2O4/c11-4-1-2-5(16(19)20)8(12)7(4)10(18)15-3-6(17)9(13)14/h1-2,6,9,17H,3H2,(H,15,18). The maximum Gasteiger partial charge on any atom is 0.305 e. The van der Waals surface area contributed by atoms with E-state index in [4.69, 9.17) is 5.11 Å². The van der Waals surface area contributed by atoms with Gasteiger partial charge in [-0.05, 0) is 6.07 Å². The number of alkyl halides is 2. The molecule has 1 amide bonds. The molecular formula is C10H8F4N2O4. The number of halogens is 4. The van der Waals surface area contributed by atoms with Crippen LogP contribution in [0, 0.1) is 21.7 Å². The van der Waals surface area contributed by atoms with E-state index in [9.17, 15) is 32.5 Å². The second-order valence-electron chi connectivity index (χ2n) is 3.62. The van der Waals surface area contributed by atoms with Gasteiger partial charge in [-0.15, -0.1) is 0 Å². The summed E-state index contributed by atoms with van der Waals surface area (Å²) in [5, 5.41) is 20.8. The smallest absolute Gasteiger partial charge is 0.305 e. The number of aliphatic hydroxyl groups excluding tert-OH is 1. The van der Waals surface area contributed by atoms with Crippen LogP contribution in [-0.2, 0) is 0 Å². The van der Waals surface area contributed by atoms with Crippen LogP contribution in [0.25, 0.3) is 0 Å². The van der Waals surface area contributed by atoms with Gasteiger partial charge in [0, 0.05) is 12.6 Å². The molecule has 0 aliphatic carbocycles.